The number of ether oxygens (including phenoxy) is 1. The molecule has 2 N–H and O–H groups in total. The molecule has 0 amide bonds. The second-order valence-electron chi connectivity index (χ2n) is 6.03. The maximum absolute atomic E-state index is 6.28. The molecule has 1 heterocycles. The van der Waals surface area contributed by atoms with Crippen LogP contribution in [-0.2, 0) is 0 Å². The van der Waals surface area contributed by atoms with Crippen LogP contribution in [0.2, 0.25) is 0 Å². The Morgan fingerprint density at radius 3 is 2.29 bits per heavy atom. The van der Waals surface area contributed by atoms with Gasteiger partial charge < -0.3 is 10.5 Å². The highest BCUT2D eigenvalue weighted by atomic mass is 32.1. The van der Waals surface area contributed by atoms with E-state index in [1.54, 1.807) is 11.3 Å². The van der Waals surface area contributed by atoms with Crippen molar-refractivity contribution in [2.75, 3.05) is 0 Å². The van der Waals surface area contributed by atoms with Gasteiger partial charge in [0.25, 0.3) is 0 Å². The van der Waals surface area contributed by atoms with Crippen LogP contribution in [0.25, 0.3) is 0 Å². The second-order valence-corrected chi connectivity index (χ2v) is 7.35. The zero-order valence-corrected chi connectivity index (χ0v) is 14.3. The van der Waals surface area contributed by atoms with E-state index in [1.165, 1.54) is 15.3 Å². The Morgan fingerprint density at radius 1 is 1.05 bits per heavy atom. The van der Waals surface area contributed by atoms with Gasteiger partial charge in [-0.25, -0.2) is 0 Å². The number of thiophene rings is 1. The van der Waals surface area contributed by atoms with Crippen molar-refractivity contribution in [3.05, 3.63) is 51.2 Å². The number of benzene rings is 1. The first-order valence-electron chi connectivity index (χ1n) is 7.47. The first-order valence-corrected chi connectivity index (χ1v) is 8.29. The van der Waals surface area contributed by atoms with Crippen LogP contribution in [0.4, 0.5) is 0 Å². The zero-order valence-electron chi connectivity index (χ0n) is 13.5. The minimum Gasteiger partial charge on any atom is -0.483 e. The molecule has 2 aromatic rings. The summed E-state index contributed by atoms with van der Waals surface area (Å²) in [4.78, 5) is 2.48. The molecule has 3 heteroatoms. The van der Waals surface area contributed by atoms with Crippen LogP contribution < -0.4 is 10.5 Å². The highest BCUT2D eigenvalue weighted by molar-refractivity contribution is 7.12. The Morgan fingerprint density at radius 2 is 1.76 bits per heavy atom. The smallest absolute Gasteiger partial charge is 0.148 e. The van der Waals surface area contributed by atoms with E-state index in [2.05, 4.69) is 58.0 Å². The average Bonchev–Trinajstić information content (AvgIpc) is 2.83. The van der Waals surface area contributed by atoms with Crippen LogP contribution in [0, 0.1) is 13.8 Å². The lowest BCUT2D eigenvalue weighted by Gasteiger charge is -2.23. The van der Waals surface area contributed by atoms with Crippen LogP contribution in [0.15, 0.2) is 30.3 Å². The Hall–Kier alpha value is -1.32. The molecule has 0 aliphatic heterocycles. The summed E-state index contributed by atoms with van der Waals surface area (Å²) < 4.78 is 6.28. The molecular formula is C18H25NOS. The third-order valence-corrected chi connectivity index (χ3v) is 4.71. The van der Waals surface area contributed by atoms with E-state index in [9.17, 15) is 0 Å². The SMILES string of the molecule is Cc1ccc(C(Oc2cc(C(C)C)ccc2C)C(C)N)s1. The van der Waals surface area contributed by atoms with E-state index >= 15 is 0 Å². The predicted molar refractivity (Wildman–Crippen MR) is 91.3 cm³/mol. The fraction of sp³-hybridized carbons (Fsp3) is 0.444. The van der Waals surface area contributed by atoms with Gasteiger partial charge in [-0.15, -0.1) is 11.3 Å². The second kappa shape index (κ2) is 6.63. The summed E-state index contributed by atoms with van der Waals surface area (Å²) >= 11 is 1.75. The summed E-state index contributed by atoms with van der Waals surface area (Å²) in [6.07, 6.45) is -0.0928. The van der Waals surface area contributed by atoms with Crippen molar-refractivity contribution < 1.29 is 4.74 Å². The van der Waals surface area contributed by atoms with Crippen LogP contribution in [-0.4, -0.2) is 6.04 Å². The highest BCUT2D eigenvalue weighted by Crippen LogP contribution is 2.32. The Balaban J connectivity index is 2.31. The number of rotatable bonds is 5. The monoisotopic (exact) mass is 303 g/mol. The van der Waals surface area contributed by atoms with Gasteiger partial charge in [0.2, 0.25) is 0 Å². The van der Waals surface area contributed by atoms with E-state index in [1.807, 2.05) is 6.92 Å². The third kappa shape index (κ3) is 3.86. The molecule has 0 bridgehead atoms. The molecule has 0 saturated heterocycles. The van der Waals surface area contributed by atoms with Crippen LogP contribution in [0.5, 0.6) is 5.75 Å². The van der Waals surface area contributed by atoms with Gasteiger partial charge in [0.05, 0.1) is 0 Å². The number of hydrogen-bond acceptors (Lipinski definition) is 3. The van der Waals surface area contributed by atoms with Crippen molar-refractivity contribution in [1.82, 2.24) is 0 Å². The summed E-state index contributed by atoms with van der Waals surface area (Å²) in [5.41, 5.74) is 8.60. The van der Waals surface area contributed by atoms with Gasteiger partial charge in [-0.1, -0.05) is 26.0 Å². The molecule has 0 spiro atoms. The largest absolute Gasteiger partial charge is 0.483 e. The standard InChI is InChI=1S/C18H25NOS/c1-11(2)15-8-6-12(3)16(10-15)20-18(14(5)19)17-9-7-13(4)21-17/h6-11,14,18H,19H2,1-5H3. The van der Waals surface area contributed by atoms with Gasteiger partial charge >= 0.3 is 0 Å². The van der Waals surface area contributed by atoms with Crippen molar-refractivity contribution in [2.45, 2.75) is 52.7 Å². The molecular weight excluding hydrogens is 278 g/mol. The minimum atomic E-state index is -0.0928. The minimum absolute atomic E-state index is 0.0508. The average molecular weight is 303 g/mol. The molecule has 0 aliphatic rings. The number of nitrogens with two attached hydrogens (primary N) is 1. The Labute approximate surface area is 132 Å². The Kier molecular flexibility index (Phi) is 5.07. The van der Waals surface area contributed by atoms with Crippen LogP contribution in [0.1, 0.15) is 53.7 Å². The maximum atomic E-state index is 6.28. The maximum Gasteiger partial charge on any atom is 0.148 e. The summed E-state index contributed by atoms with van der Waals surface area (Å²) in [5.74, 6) is 1.43. The lowest BCUT2D eigenvalue weighted by atomic mass is 10.0. The van der Waals surface area contributed by atoms with Crippen molar-refractivity contribution in [2.24, 2.45) is 5.73 Å². The van der Waals surface area contributed by atoms with Crippen molar-refractivity contribution in [3.8, 4) is 5.75 Å². The van der Waals surface area contributed by atoms with Crippen molar-refractivity contribution >= 4 is 11.3 Å². The quantitative estimate of drug-likeness (QED) is 0.847. The molecule has 2 unspecified atom stereocenters. The predicted octanol–water partition coefficient (Wildman–Crippen LogP) is 4.96. The fourth-order valence-electron chi connectivity index (χ4n) is 2.27. The molecule has 1 aromatic heterocycles. The summed E-state index contributed by atoms with van der Waals surface area (Å²) in [5, 5.41) is 0. The molecule has 2 rings (SSSR count). The summed E-state index contributed by atoms with van der Waals surface area (Å²) in [7, 11) is 0. The number of aryl methyl sites for hydroxylation is 2. The molecule has 21 heavy (non-hydrogen) atoms. The van der Waals surface area contributed by atoms with Crippen molar-refractivity contribution in [3.63, 3.8) is 0 Å². The van der Waals surface area contributed by atoms with Crippen LogP contribution >= 0.6 is 11.3 Å². The van der Waals surface area contributed by atoms with Gasteiger partial charge in [0.1, 0.15) is 11.9 Å². The van der Waals surface area contributed by atoms with E-state index in [0.717, 1.165) is 11.3 Å². The Bertz CT molecular complexity index is 601. The number of hydrogen-bond donors (Lipinski definition) is 1. The molecule has 0 fully saturated rings. The summed E-state index contributed by atoms with van der Waals surface area (Å²) in [6, 6.07) is 10.6. The topological polar surface area (TPSA) is 35.2 Å². The van der Waals surface area contributed by atoms with E-state index in [4.69, 9.17) is 10.5 Å². The van der Waals surface area contributed by atoms with Gasteiger partial charge in [0, 0.05) is 15.8 Å². The van der Waals surface area contributed by atoms with E-state index < -0.39 is 0 Å². The molecule has 2 atom stereocenters. The lowest BCUT2D eigenvalue weighted by molar-refractivity contribution is 0.182. The van der Waals surface area contributed by atoms with Crippen LogP contribution in [0.3, 0.4) is 0 Å². The molecule has 114 valence electrons. The first-order chi connectivity index (χ1) is 9.88. The lowest BCUT2D eigenvalue weighted by Crippen LogP contribution is -2.28. The summed E-state index contributed by atoms with van der Waals surface area (Å²) in [6.45, 7) is 10.6. The molecule has 0 saturated carbocycles. The van der Waals surface area contributed by atoms with Crippen molar-refractivity contribution in [1.29, 1.82) is 0 Å². The van der Waals surface area contributed by atoms with Gasteiger partial charge in [-0.05, 0) is 56.0 Å². The molecule has 0 radical (unpaired) electrons. The van der Waals surface area contributed by atoms with Gasteiger partial charge in [0.15, 0.2) is 0 Å². The van der Waals surface area contributed by atoms with Gasteiger partial charge in [-0.3, -0.25) is 0 Å². The first kappa shape index (κ1) is 16.1. The van der Waals surface area contributed by atoms with Gasteiger partial charge in [-0.2, -0.15) is 0 Å². The molecule has 2 nitrogen and oxygen atoms in total. The van der Waals surface area contributed by atoms with E-state index in [-0.39, 0.29) is 12.1 Å². The zero-order chi connectivity index (χ0) is 15.6. The fourth-order valence-corrected chi connectivity index (χ4v) is 3.29. The molecule has 0 aliphatic carbocycles. The molecule has 1 aromatic carbocycles. The highest BCUT2D eigenvalue weighted by Gasteiger charge is 2.21. The third-order valence-electron chi connectivity index (χ3n) is 3.65. The normalized spacial score (nSPS) is 14.2. The van der Waals surface area contributed by atoms with E-state index in [0.29, 0.717) is 5.92 Å².